The van der Waals surface area contributed by atoms with E-state index in [1.807, 2.05) is 182 Å². The van der Waals surface area contributed by atoms with Crippen LogP contribution < -0.4 is 4.74 Å². The molecule has 4 aliphatic rings. The average Bonchev–Trinajstić information content (AvgIpc) is 4.60. The van der Waals surface area contributed by atoms with Crippen LogP contribution in [-0.2, 0) is 0 Å². The summed E-state index contributed by atoms with van der Waals surface area (Å²) in [7, 11) is 0. The molecule has 18 rings (SSSR count). The maximum absolute atomic E-state index is 7.27. The lowest BCUT2D eigenvalue weighted by Gasteiger charge is -2.09. The van der Waals surface area contributed by atoms with Crippen molar-refractivity contribution in [3.63, 3.8) is 0 Å². The second-order valence-electron chi connectivity index (χ2n) is 20.0. The summed E-state index contributed by atoms with van der Waals surface area (Å²) in [5.41, 5.74) is 11.1. The third-order valence-corrected chi connectivity index (χ3v) is 15.3. The fraction of sp³-hybridized carbons (Fsp3) is 0. The van der Waals surface area contributed by atoms with Crippen molar-refractivity contribution in [3.05, 3.63) is 182 Å². The van der Waals surface area contributed by atoms with Gasteiger partial charge in [0.1, 0.15) is 56.7 Å². The minimum atomic E-state index is 0.464. The second kappa shape index (κ2) is 16.4. The predicted octanol–water partition coefficient (Wildman–Crippen LogP) is 13.8. The normalized spacial score (nSPS) is 12.2. The molecule has 0 saturated heterocycles. The van der Waals surface area contributed by atoms with Crippen LogP contribution in [0.2, 0.25) is 0 Å². The smallest absolute Gasteiger partial charge is 0.164 e. The molecule has 0 atom stereocenters. The van der Waals surface area contributed by atoms with Crippen LogP contribution in [0.3, 0.4) is 0 Å². The highest BCUT2D eigenvalue weighted by atomic mass is 16.5. The molecular weight excluding hydrogens is 1010 g/mol. The van der Waals surface area contributed by atoms with Gasteiger partial charge in [0.15, 0.2) is 46.6 Å². The molecule has 17 heteroatoms. The fourth-order valence-electron chi connectivity index (χ4n) is 11.6. The van der Waals surface area contributed by atoms with Crippen molar-refractivity contribution in [2.24, 2.45) is 0 Å². The topological polar surface area (TPSA) is 227 Å². The lowest BCUT2D eigenvalue weighted by molar-refractivity contribution is 0.494. The van der Waals surface area contributed by atoms with Gasteiger partial charge in [0.05, 0.1) is 10.8 Å². The Morgan fingerprint density at radius 1 is 0.198 bits per heavy atom. The molecule has 4 aliphatic heterocycles. The SMILES string of the molecule is c1ccc2c(c1)-c1nc-2nc2[nH]c(nc3nc(nc4[nH]c(n1)c1ccccc41)-c1ccccc1-3)c1c(Oc3cccc4c5nc6nc(nc7[nH]c(nc8nc(nc([nH]5)c34)-c3ccccc3-8)c3ccccc73)-c3ccccc3-6)cccc21. The Hall–Kier alpha value is -11.7. The highest BCUT2D eigenvalue weighted by molar-refractivity contribution is 6.12. The van der Waals surface area contributed by atoms with E-state index in [4.69, 9.17) is 64.5 Å². The van der Waals surface area contributed by atoms with Crippen molar-refractivity contribution in [1.82, 2.24) is 79.7 Å². The Labute approximate surface area is 455 Å². The van der Waals surface area contributed by atoms with Crippen LogP contribution in [0.4, 0.5) is 0 Å². The number of aromatic amines is 4. The molecule has 16 bridgehead atoms. The van der Waals surface area contributed by atoms with Gasteiger partial charge >= 0.3 is 0 Å². The first-order valence-corrected chi connectivity index (χ1v) is 26.2. The zero-order valence-electron chi connectivity index (χ0n) is 42.1. The summed E-state index contributed by atoms with van der Waals surface area (Å²) in [5, 5.41) is 6.39. The van der Waals surface area contributed by atoms with Gasteiger partial charge in [-0.1, -0.05) is 170 Å². The molecule has 0 radical (unpaired) electrons. The van der Waals surface area contributed by atoms with E-state index in [1.54, 1.807) is 0 Å². The van der Waals surface area contributed by atoms with Gasteiger partial charge in [-0.05, 0) is 12.1 Å². The fourth-order valence-corrected chi connectivity index (χ4v) is 11.6. The van der Waals surface area contributed by atoms with Crippen LogP contribution in [-0.4, -0.2) is 79.7 Å². The van der Waals surface area contributed by atoms with Crippen LogP contribution in [0.25, 0.3) is 179 Å². The minimum absolute atomic E-state index is 0.464. The van der Waals surface area contributed by atoms with E-state index in [9.17, 15) is 0 Å². The third-order valence-electron chi connectivity index (χ3n) is 15.3. The number of nitrogens with zero attached hydrogens (tertiary/aromatic N) is 12. The van der Waals surface area contributed by atoms with Gasteiger partial charge in [0, 0.05) is 76.8 Å². The van der Waals surface area contributed by atoms with Crippen LogP contribution in [0.15, 0.2) is 182 Å². The molecule has 376 valence electrons. The zero-order chi connectivity index (χ0) is 52.9. The first kappa shape index (κ1) is 43.4. The largest absolute Gasteiger partial charge is 0.456 e. The number of ether oxygens (including phenoxy) is 1. The maximum atomic E-state index is 7.27. The molecule has 8 aromatic carbocycles. The highest BCUT2D eigenvalue weighted by Crippen LogP contribution is 2.43. The molecule has 4 N–H and O–H groups in total. The van der Waals surface area contributed by atoms with Crippen LogP contribution in [0.5, 0.6) is 11.5 Å². The molecule has 0 amide bonds. The van der Waals surface area contributed by atoms with E-state index in [-0.39, 0.29) is 0 Å². The molecular formula is C64H34N16O. The van der Waals surface area contributed by atoms with E-state index in [2.05, 4.69) is 19.9 Å². The van der Waals surface area contributed by atoms with E-state index in [0.29, 0.717) is 114 Å². The Bertz CT molecular complexity index is 5150. The van der Waals surface area contributed by atoms with Crippen LogP contribution in [0, 0.1) is 0 Å². The van der Waals surface area contributed by atoms with Gasteiger partial charge in [0.25, 0.3) is 0 Å². The quantitative estimate of drug-likeness (QED) is 0.126. The lowest BCUT2D eigenvalue weighted by atomic mass is 10.1. The summed E-state index contributed by atoms with van der Waals surface area (Å²) in [6, 6.07) is 59.7. The summed E-state index contributed by atoms with van der Waals surface area (Å²) in [4.78, 5) is 76.7. The van der Waals surface area contributed by atoms with Gasteiger partial charge in [0.2, 0.25) is 0 Å². The molecule has 6 aromatic heterocycles. The van der Waals surface area contributed by atoms with Crippen molar-refractivity contribution < 1.29 is 4.74 Å². The predicted molar refractivity (Wildman–Crippen MR) is 312 cm³/mol. The summed E-state index contributed by atoms with van der Waals surface area (Å²) >= 11 is 0. The summed E-state index contributed by atoms with van der Waals surface area (Å²) < 4.78 is 7.27. The van der Waals surface area contributed by atoms with Crippen molar-refractivity contribution in [2.45, 2.75) is 0 Å². The highest BCUT2D eigenvalue weighted by Gasteiger charge is 2.26. The number of H-pyrrole nitrogens is 4. The number of benzene rings is 8. The summed E-state index contributed by atoms with van der Waals surface area (Å²) in [6.45, 7) is 0. The van der Waals surface area contributed by atoms with Crippen molar-refractivity contribution >= 4 is 88.3 Å². The zero-order valence-corrected chi connectivity index (χ0v) is 42.1. The Kier molecular flexibility index (Phi) is 8.78. The first-order chi connectivity index (χ1) is 40.1. The van der Waals surface area contributed by atoms with E-state index >= 15 is 0 Å². The van der Waals surface area contributed by atoms with Gasteiger partial charge in [-0.3, -0.25) is 0 Å². The number of rotatable bonds is 2. The van der Waals surface area contributed by atoms with E-state index in [0.717, 1.165) is 76.8 Å². The lowest BCUT2D eigenvalue weighted by Crippen LogP contribution is -1.88. The standard InChI is InChI=1S/C64H34N16O/c1-3-17-33-31(15-1)49-65-51(33)69-55-39-23-9-11-25-41(39)59(73-55)77-63-47-43(61(79-63)75-57-37-21-7-5-19-35(37)53(67-49)71-57)27-13-29-45(47)81-46-30-14-28-44-48(46)64-78-60-42-26-12-10-24-40(42)56(74-60)70-52-34-18-4-2-16-32(34)50(66-52)68-54-36-20-6-8-22-38(36)58(72-54)76-62(44)80-64/h1-30H,(H2,65,67,69,71,73,75,77,79)(H2,66,68,70,72,74,76,78,80). The molecule has 10 heterocycles. The third kappa shape index (κ3) is 6.53. The molecule has 0 spiro atoms. The number of aromatic nitrogens is 16. The van der Waals surface area contributed by atoms with E-state index < -0.39 is 0 Å². The second-order valence-corrected chi connectivity index (χ2v) is 20.0. The summed E-state index contributed by atoms with van der Waals surface area (Å²) in [6.07, 6.45) is 0. The van der Waals surface area contributed by atoms with Crippen molar-refractivity contribution in [1.29, 1.82) is 0 Å². The maximum Gasteiger partial charge on any atom is 0.164 e. The van der Waals surface area contributed by atoms with Gasteiger partial charge in [-0.15, -0.1) is 0 Å². The van der Waals surface area contributed by atoms with Crippen LogP contribution in [0.1, 0.15) is 0 Å². The number of hydrogen-bond donors (Lipinski definition) is 4. The van der Waals surface area contributed by atoms with Gasteiger partial charge < -0.3 is 24.7 Å². The van der Waals surface area contributed by atoms with Crippen molar-refractivity contribution in [3.8, 4) is 103 Å². The molecule has 81 heavy (non-hydrogen) atoms. The van der Waals surface area contributed by atoms with Gasteiger partial charge in [-0.25, -0.2) is 59.8 Å². The first-order valence-electron chi connectivity index (χ1n) is 26.2. The Morgan fingerprint density at radius 3 is 0.679 bits per heavy atom. The van der Waals surface area contributed by atoms with E-state index in [1.165, 1.54) is 0 Å². The number of hydrogen-bond acceptors (Lipinski definition) is 13. The van der Waals surface area contributed by atoms with Gasteiger partial charge in [-0.2, -0.15) is 0 Å². The van der Waals surface area contributed by atoms with Crippen LogP contribution >= 0.6 is 0 Å². The molecule has 0 fully saturated rings. The Morgan fingerprint density at radius 2 is 0.407 bits per heavy atom. The molecule has 0 saturated carbocycles. The average molecular weight is 1040 g/mol. The monoisotopic (exact) mass is 1040 g/mol. The Balaban J connectivity index is 0.912. The van der Waals surface area contributed by atoms with Crippen molar-refractivity contribution in [2.75, 3.05) is 0 Å². The molecule has 14 aromatic rings. The number of fused-ring (bicyclic) bond motifs is 40. The number of nitrogens with one attached hydrogen (secondary N) is 4. The molecule has 17 nitrogen and oxygen atoms in total. The minimum Gasteiger partial charge on any atom is -0.456 e. The molecule has 0 unspecified atom stereocenters. The molecule has 0 aliphatic carbocycles. The summed E-state index contributed by atoms with van der Waals surface area (Å²) in [5.74, 6) is 4.94.